The zero-order valence-electron chi connectivity index (χ0n) is 13.2. The van der Waals surface area contributed by atoms with Crippen molar-refractivity contribution in [2.24, 2.45) is 5.92 Å². The van der Waals surface area contributed by atoms with Crippen LogP contribution in [0.4, 0.5) is 4.39 Å². The lowest BCUT2D eigenvalue weighted by molar-refractivity contribution is -0.137. The zero-order valence-corrected chi connectivity index (χ0v) is 13.2. The van der Waals surface area contributed by atoms with Gasteiger partial charge in [0, 0.05) is 39.8 Å². The number of benzene rings is 1. The van der Waals surface area contributed by atoms with E-state index in [4.69, 9.17) is 4.74 Å². The minimum Gasteiger partial charge on any atom is -0.377 e. The normalized spacial score (nSPS) is 28.4. The number of hydrogen-bond donors (Lipinski definition) is 0. The van der Waals surface area contributed by atoms with Crippen molar-refractivity contribution in [3.63, 3.8) is 0 Å². The molecule has 22 heavy (non-hydrogen) atoms. The Morgan fingerprint density at radius 2 is 2.09 bits per heavy atom. The van der Waals surface area contributed by atoms with Crippen LogP contribution in [0.3, 0.4) is 0 Å². The quantitative estimate of drug-likeness (QED) is 0.855. The molecule has 0 aliphatic carbocycles. The first-order valence-corrected chi connectivity index (χ1v) is 7.86. The van der Waals surface area contributed by atoms with Crippen LogP contribution in [0.1, 0.15) is 18.4 Å². The minimum atomic E-state index is -0.217. The van der Waals surface area contributed by atoms with Gasteiger partial charge in [-0.05, 0) is 30.5 Å². The largest absolute Gasteiger partial charge is 0.377 e. The number of hydrogen-bond acceptors (Lipinski definition) is 3. The van der Waals surface area contributed by atoms with Crippen molar-refractivity contribution in [2.45, 2.75) is 31.5 Å². The molecule has 4 nitrogen and oxygen atoms in total. The number of nitrogens with zero attached hydrogens (tertiary/aromatic N) is 2. The summed E-state index contributed by atoms with van der Waals surface area (Å²) in [4.78, 5) is 16.3. The molecule has 2 heterocycles. The lowest BCUT2D eigenvalue weighted by Gasteiger charge is -2.41. The number of amides is 1. The summed E-state index contributed by atoms with van der Waals surface area (Å²) in [6.07, 6.45) is 1.96. The van der Waals surface area contributed by atoms with Gasteiger partial charge in [0.25, 0.3) is 0 Å². The Balaban J connectivity index is 1.75. The smallest absolute Gasteiger partial charge is 0.226 e. The molecule has 0 radical (unpaired) electrons. The molecule has 1 aromatic rings. The molecule has 0 bridgehead atoms. The number of piperidine rings is 1. The molecule has 120 valence electrons. The lowest BCUT2D eigenvalue weighted by atomic mass is 9.89. The summed E-state index contributed by atoms with van der Waals surface area (Å²) in [5.74, 6) is -0.0713. The van der Waals surface area contributed by atoms with Gasteiger partial charge in [-0.15, -0.1) is 0 Å². The summed E-state index contributed by atoms with van der Waals surface area (Å²) in [6, 6.07) is 6.99. The second-order valence-electron chi connectivity index (χ2n) is 6.49. The summed E-state index contributed by atoms with van der Waals surface area (Å²) in [7, 11) is 3.60. The minimum absolute atomic E-state index is 0.0187. The molecule has 0 unspecified atom stereocenters. The van der Waals surface area contributed by atoms with Crippen molar-refractivity contribution in [1.82, 2.24) is 9.80 Å². The Hall–Kier alpha value is -1.46. The molecule has 3 rings (SSSR count). The van der Waals surface area contributed by atoms with E-state index in [1.807, 2.05) is 12.1 Å². The number of carbonyl (C=O) groups excluding carboxylic acids is 1. The maximum absolute atomic E-state index is 13.1. The van der Waals surface area contributed by atoms with Gasteiger partial charge in [-0.1, -0.05) is 12.1 Å². The maximum Gasteiger partial charge on any atom is 0.226 e. The van der Waals surface area contributed by atoms with Crippen LogP contribution in [0.15, 0.2) is 24.3 Å². The summed E-state index contributed by atoms with van der Waals surface area (Å²) in [5.41, 5.74) is 1.07. The van der Waals surface area contributed by atoms with Gasteiger partial charge in [-0.2, -0.15) is 0 Å². The highest BCUT2D eigenvalue weighted by Crippen LogP contribution is 2.33. The number of halogens is 1. The van der Waals surface area contributed by atoms with Gasteiger partial charge in [-0.3, -0.25) is 9.69 Å². The highest BCUT2D eigenvalue weighted by molar-refractivity contribution is 5.78. The van der Waals surface area contributed by atoms with E-state index >= 15 is 0 Å². The van der Waals surface area contributed by atoms with Gasteiger partial charge in [-0.25, -0.2) is 4.39 Å². The van der Waals surface area contributed by atoms with Crippen molar-refractivity contribution in [3.8, 4) is 0 Å². The SMILES string of the molecule is CN(C)C(=O)[C@H]1C[C@H]2OCC[C@H]2N(Cc2ccc(F)cc2)C1. The highest BCUT2D eigenvalue weighted by atomic mass is 19.1. The molecule has 0 aromatic heterocycles. The maximum atomic E-state index is 13.1. The Bertz CT molecular complexity index is 532. The fraction of sp³-hybridized carbons (Fsp3) is 0.588. The topological polar surface area (TPSA) is 32.8 Å². The summed E-state index contributed by atoms with van der Waals surface area (Å²) in [5, 5.41) is 0. The van der Waals surface area contributed by atoms with Crippen LogP contribution in [0.25, 0.3) is 0 Å². The van der Waals surface area contributed by atoms with Crippen molar-refractivity contribution < 1.29 is 13.9 Å². The van der Waals surface area contributed by atoms with Crippen LogP contribution in [-0.2, 0) is 16.1 Å². The van der Waals surface area contributed by atoms with E-state index in [2.05, 4.69) is 4.90 Å². The van der Waals surface area contributed by atoms with E-state index in [1.165, 1.54) is 12.1 Å². The second-order valence-corrected chi connectivity index (χ2v) is 6.49. The Morgan fingerprint density at radius 3 is 2.77 bits per heavy atom. The van der Waals surface area contributed by atoms with Crippen LogP contribution in [0.5, 0.6) is 0 Å². The molecule has 2 saturated heterocycles. The van der Waals surface area contributed by atoms with Gasteiger partial charge in [0.05, 0.1) is 12.0 Å². The van der Waals surface area contributed by atoms with Crippen LogP contribution in [0, 0.1) is 11.7 Å². The predicted molar refractivity (Wildman–Crippen MR) is 81.8 cm³/mol. The molecular weight excluding hydrogens is 283 g/mol. The molecule has 0 N–H and O–H groups in total. The van der Waals surface area contributed by atoms with Crippen molar-refractivity contribution >= 4 is 5.91 Å². The standard InChI is InChI=1S/C17H23FN2O2/c1-19(2)17(21)13-9-16-15(7-8-22-16)20(11-13)10-12-3-5-14(18)6-4-12/h3-6,13,15-16H,7-11H2,1-2H3/t13-,15+,16+/m0/s1. The van der Waals surface area contributed by atoms with E-state index in [0.29, 0.717) is 6.04 Å². The number of fused-ring (bicyclic) bond motifs is 1. The average molecular weight is 306 g/mol. The Labute approximate surface area is 130 Å². The zero-order chi connectivity index (χ0) is 15.7. The van der Waals surface area contributed by atoms with E-state index in [-0.39, 0.29) is 23.7 Å². The van der Waals surface area contributed by atoms with Gasteiger partial charge < -0.3 is 9.64 Å². The third-order valence-electron chi connectivity index (χ3n) is 4.70. The third-order valence-corrected chi connectivity index (χ3v) is 4.70. The van der Waals surface area contributed by atoms with Crippen LogP contribution in [0.2, 0.25) is 0 Å². The third kappa shape index (κ3) is 3.15. The number of ether oxygens (including phenoxy) is 1. The highest BCUT2D eigenvalue weighted by Gasteiger charge is 2.42. The molecule has 0 saturated carbocycles. The van der Waals surface area contributed by atoms with Gasteiger partial charge in [0.15, 0.2) is 0 Å². The summed E-state index contributed by atoms with van der Waals surface area (Å²) in [6.45, 7) is 2.25. The summed E-state index contributed by atoms with van der Waals surface area (Å²) >= 11 is 0. The summed E-state index contributed by atoms with van der Waals surface area (Å²) < 4.78 is 18.9. The molecule has 5 heteroatoms. The van der Waals surface area contributed by atoms with Crippen molar-refractivity contribution in [3.05, 3.63) is 35.6 Å². The predicted octanol–water partition coefficient (Wildman–Crippen LogP) is 1.89. The molecule has 2 fully saturated rings. The number of carbonyl (C=O) groups is 1. The fourth-order valence-electron chi connectivity index (χ4n) is 3.60. The Morgan fingerprint density at radius 1 is 1.36 bits per heavy atom. The van der Waals surface area contributed by atoms with Crippen LogP contribution in [-0.4, -0.2) is 55.1 Å². The van der Waals surface area contributed by atoms with E-state index in [1.54, 1.807) is 19.0 Å². The van der Waals surface area contributed by atoms with Crippen LogP contribution >= 0.6 is 0 Å². The second kappa shape index (κ2) is 6.34. The molecule has 1 amide bonds. The van der Waals surface area contributed by atoms with Gasteiger partial charge in [0.2, 0.25) is 5.91 Å². The first-order chi connectivity index (χ1) is 10.5. The first kappa shape index (κ1) is 15.4. The number of rotatable bonds is 3. The van der Waals surface area contributed by atoms with E-state index in [0.717, 1.165) is 38.1 Å². The lowest BCUT2D eigenvalue weighted by Crippen LogP contribution is -2.52. The Kier molecular flexibility index (Phi) is 4.45. The monoisotopic (exact) mass is 306 g/mol. The first-order valence-electron chi connectivity index (χ1n) is 7.86. The van der Waals surface area contributed by atoms with Gasteiger partial charge in [0.1, 0.15) is 5.82 Å². The molecule has 2 aliphatic heterocycles. The van der Waals surface area contributed by atoms with Crippen LogP contribution < -0.4 is 0 Å². The van der Waals surface area contributed by atoms with E-state index < -0.39 is 0 Å². The fourth-order valence-corrected chi connectivity index (χ4v) is 3.60. The average Bonchev–Trinajstić information content (AvgIpc) is 2.97. The molecule has 1 aromatic carbocycles. The number of likely N-dealkylation sites (tertiary alicyclic amines) is 1. The van der Waals surface area contributed by atoms with E-state index in [9.17, 15) is 9.18 Å². The molecular formula is C17H23FN2O2. The molecule has 0 spiro atoms. The van der Waals surface area contributed by atoms with Crippen molar-refractivity contribution in [2.75, 3.05) is 27.2 Å². The van der Waals surface area contributed by atoms with Crippen molar-refractivity contribution in [1.29, 1.82) is 0 Å². The molecule has 2 aliphatic rings. The molecule has 3 atom stereocenters. The van der Waals surface area contributed by atoms with Gasteiger partial charge >= 0.3 is 0 Å².